The minimum absolute atomic E-state index is 0.129. The van der Waals surface area contributed by atoms with Crippen LogP contribution in [0.25, 0.3) is 0 Å². The van der Waals surface area contributed by atoms with Crippen LogP contribution in [0.4, 0.5) is 0 Å². The summed E-state index contributed by atoms with van der Waals surface area (Å²) < 4.78 is 4.97. The molecular formula is C21H30N2O4. The van der Waals surface area contributed by atoms with Gasteiger partial charge in [-0.05, 0) is 55.4 Å². The quantitative estimate of drug-likeness (QED) is 0.750. The van der Waals surface area contributed by atoms with E-state index in [1.54, 1.807) is 12.1 Å². The first kappa shape index (κ1) is 20.9. The Hall–Kier alpha value is -2.37. The topological polar surface area (TPSA) is 84.5 Å². The van der Waals surface area contributed by atoms with Crippen LogP contribution >= 0.6 is 0 Å². The van der Waals surface area contributed by atoms with E-state index in [4.69, 9.17) is 4.74 Å². The number of benzene rings is 1. The van der Waals surface area contributed by atoms with Crippen molar-refractivity contribution >= 4 is 17.8 Å². The second-order valence-corrected chi connectivity index (χ2v) is 7.58. The van der Waals surface area contributed by atoms with Crippen LogP contribution in [0, 0.1) is 25.7 Å². The van der Waals surface area contributed by atoms with Gasteiger partial charge in [0.1, 0.15) is 6.54 Å². The van der Waals surface area contributed by atoms with E-state index in [9.17, 15) is 14.4 Å². The van der Waals surface area contributed by atoms with Crippen LogP contribution in [0.1, 0.15) is 54.6 Å². The number of rotatable bonds is 6. The summed E-state index contributed by atoms with van der Waals surface area (Å²) in [4.78, 5) is 35.9. The molecule has 27 heavy (non-hydrogen) atoms. The average Bonchev–Trinajstić information content (AvgIpc) is 2.64. The highest BCUT2D eigenvalue weighted by molar-refractivity contribution is 5.96. The third kappa shape index (κ3) is 6.08. The third-order valence-electron chi connectivity index (χ3n) is 5.58. The smallest absolute Gasteiger partial charge is 0.325 e. The van der Waals surface area contributed by atoms with Crippen molar-refractivity contribution in [3.63, 3.8) is 0 Å². The number of carbonyl (C=O) groups is 3. The van der Waals surface area contributed by atoms with E-state index in [0.717, 1.165) is 24.0 Å². The molecule has 1 fully saturated rings. The zero-order valence-corrected chi connectivity index (χ0v) is 16.6. The summed E-state index contributed by atoms with van der Waals surface area (Å²) in [5, 5.41) is 5.47. The predicted octanol–water partition coefficient (Wildman–Crippen LogP) is 2.52. The van der Waals surface area contributed by atoms with Gasteiger partial charge in [0.25, 0.3) is 11.8 Å². The molecule has 1 saturated carbocycles. The molecule has 148 valence electrons. The summed E-state index contributed by atoms with van der Waals surface area (Å²) >= 11 is 0. The maximum atomic E-state index is 12.1. The largest absolute Gasteiger partial charge is 0.454 e. The standard InChI is InChI=1S/C21H30N2O4/c1-13-8-9-17(10-15(13)3)21(26)22-11-20(25)27-12-19(24)23-18-7-5-6-14(2)16(18)4/h8-10,14,16,18H,5-7,11-12H2,1-4H3,(H,22,26)(H,23,24)/t14-,16-,18+/m0/s1. The summed E-state index contributed by atoms with van der Waals surface area (Å²) in [5.41, 5.74) is 2.59. The normalized spacial score (nSPS) is 22.0. The van der Waals surface area contributed by atoms with Crippen LogP contribution in [0.3, 0.4) is 0 Å². The van der Waals surface area contributed by atoms with Crippen LogP contribution in [-0.4, -0.2) is 37.0 Å². The summed E-state index contributed by atoms with van der Waals surface area (Å²) in [6.07, 6.45) is 3.24. The van der Waals surface area contributed by atoms with Crippen molar-refractivity contribution in [1.82, 2.24) is 10.6 Å². The van der Waals surface area contributed by atoms with Crippen molar-refractivity contribution in [3.8, 4) is 0 Å². The molecule has 1 aromatic rings. The van der Waals surface area contributed by atoms with Gasteiger partial charge in [-0.1, -0.05) is 32.8 Å². The molecule has 0 radical (unpaired) electrons. The van der Waals surface area contributed by atoms with E-state index < -0.39 is 5.97 Å². The molecule has 0 saturated heterocycles. The van der Waals surface area contributed by atoms with Crippen LogP contribution in [-0.2, 0) is 14.3 Å². The van der Waals surface area contributed by atoms with Crippen LogP contribution in [0.5, 0.6) is 0 Å². The second-order valence-electron chi connectivity index (χ2n) is 7.58. The molecule has 1 aliphatic carbocycles. The number of ether oxygens (including phenoxy) is 1. The number of aryl methyl sites for hydroxylation is 2. The van der Waals surface area contributed by atoms with Gasteiger partial charge in [0.2, 0.25) is 0 Å². The minimum Gasteiger partial charge on any atom is -0.454 e. The van der Waals surface area contributed by atoms with E-state index in [0.29, 0.717) is 17.4 Å². The minimum atomic E-state index is -0.632. The fraction of sp³-hybridized carbons (Fsp3) is 0.571. The van der Waals surface area contributed by atoms with Crippen LogP contribution in [0.2, 0.25) is 0 Å². The molecule has 0 heterocycles. The maximum absolute atomic E-state index is 12.1. The lowest BCUT2D eigenvalue weighted by molar-refractivity contribution is -0.147. The Morgan fingerprint density at radius 1 is 1.11 bits per heavy atom. The van der Waals surface area contributed by atoms with Crippen molar-refractivity contribution < 1.29 is 19.1 Å². The van der Waals surface area contributed by atoms with Gasteiger partial charge in [0.05, 0.1) is 0 Å². The summed E-state index contributed by atoms with van der Waals surface area (Å²) in [7, 11) is 0. The zero-order chi connectivity index (χ0) is 20.0. The van der Waals surface area contributed by atoms with Gasteiger partial charge in [-0.2, -0.15) is 0 Å². The highest BCUT2D eigenvalue weighted by atomic mass is 16.5. The lowest BCUT2D eigenvalue weighted by Crippen LogP contribution is -2.45. The zero-order valence-electron chi connectivity index (χ0n) is 16.6. The average molecular weight is 374 g/mol. The number of hydrogen-bond acceptors (Lipinski definition) is 4. The number of esters is 1. The van der Waals surface area contributed by atoms with E-state index in [1.165, 1.54) is 6.42 Å². The van der Waals surface area contributed by atoms with Crippen molar-refractivity contribution in [2.24, 2.45) is 11.8 Å². The van der Waals surface area contributed by atoms with E-state index in [-0.39, 0.29) is 31.0 Å². The molecule has 3 atom stereocenters. The summed E-state index contributed by atoms with van der Waals surface area (Å²) in [6.45, 7) is 7.64. The van der Waals surface area contributed by atoms with Crippen molar-refractivity contribution in [2.45, 2.75) is 53.0 Å². The Morgan fingerprint density at radius 3 is 2.56 bits per heavy atom. The summed E-state index contributed by atoms with van der Waals surface area (Å²) in [6, 6.07) is 5.47. The van der Waals surface area contributed by atoms with Crippen LogP contribution < -0.4 is 10.6 Å². The molecule has 6 heteroatoms. The molecule has 6 nitrogen and oxygen atoms in total. The van der Waals surface area contributed by atoms with Crippen molar-refractivity contribution in [2.75, 3.05) is 13.2 Å². The highest BCUT2D eigenvalue weighted by Gasteiger charge is 2.28. The first-order chi connectivity index (χ1) is 12.8. The Balaban J connectivity index is 1.71. The Bertz CT molecular complexity index is 701. The van der Waals surface area contributed by atoms with E-state index >= 15 is 0 Å². The predicted molar refractivity (Wildman–Crippen MR) is 103 cm³/mol. The monoisotopic (exact) mass is 374 g/mol. The van der Waals surface area contributed by atoms with Gasteiger partial charge in [0, 0.05) is 11.6 Å². The van der Waals surface area contributed by atoms with Gasteiger partial charge >= 0.3 is 5.97 Å². The second kappa shape index (κ2) is 9.53. The fourth-order valence-corrected chi connectivity index (χ4v) is 3.37. The number of carbonyl (C=O) groups excluding carboxylic acids is 3. The number of hydrogen-bond donors (Lipinski definition) is 2. The molecule has 2 N–H and O–H groups in total. The molecule has 1 aromatic carbocycles. The van der Waals surface area contributed by atoms with Crippen molar-refractivity contribution in [1.29, 1.82) is 0 Å². The maximum Gasteiger partial charge on any atom is 0.325 e. The molecule has 0 bridgehead atoms. The molecular weight excluding hydrogens is 344 g/mol. The fourth-order valence-electron chi connectivity index (χ4n) is 3.37. The van der Waals surface area contributed by atoms with Crippen molar-refractivity contribution in [3.05, 3.63) is 34.9 Å². The number of amides is 2. The highest BCUT2D eigenvalue weighted by Crippen LogP contribution is 2.29. The van der Waals surface area contributed by atoms with Gasteiger partial charge in [-0.3, -0.25) is 14.4 Å². The van der Waals surface area contributed by atoms with Gasteiger partial charge in [-0.15, -0.1) is 0 Å². The van der Waals surface area contributed by atoms with Gasteiger partial charge in [-0.25, -0.2) is 0 Å². The molecule has 0 spiro atoms. The van der Waals surface area contributed by atoms with Crippen LogP contribution in [0.15, 0.2) is 18.2 Å². The lowest BCUT2D eigenvalue weighted by atomic mass is 9.78. The molecule has 2 amide bonds. The molecule has 0 unspecified atom stereocenters. The Kier molecular flexibility index (Phi) is 7.39. The van der Waals surface area contributed by atoms with E-state index in [1.807, 2.05) is 19.9 Å². The lowest BCUT2D eigenvalue weighted by Gasteiger charge is -2.34. The first-order valence-corrected chi connectivity index (χ1v) is 9.58. The Morgan fingerprint density at radius 2 is 1.85 bits per heavy atom. The number of nitrogens with one attached hydrogen (secondary N) is 2. The van der Waals surface area contributed by atoms with Gasteiger partial charge in [0.15, 0.2) is 6.61 Å². The Labute approximate surface area is 161 Å². The third-order valence-corrected chi connectivity index (χ3v) is 5.58. The first-order valence-electron chi connectivity index (χ1n) is 9.58. The molecule has 2 rings (SSSR count). The molecule has 0 aromatic heterocycles. The summed E-state index contributed by atoms with van der Waals surface area (Å²) in [5.74, 6) is -0.283. The van der Waals surface area contributed by atoms with E-state index in [2.05, 4.69) is 24.5 Å². The van der Waals surface area contributed by atoms with Gasteiger partial charge < -0.3 is 15.4 Å². The molecule has 1 aliphatic rings. The molecule has 0 aliphatic heterocycles. The SMILES string of the molecule is Cc1ccc(C(=O)NCC(=O)OCC(=O)N[C@@H]2CCC[C@H](C)[C@@H]2C)cc1C.